The smallest absolute Gasteiger partial charge is 0.358 e. The largest absolute Gasteiger partial charge is 0.363 e. The van der Waals surface area contributed by atoms with Gasteiger partial charge in [-0.1, -0.05) is 25.8 Å². The number of rotatable bonds is 4. The number of alkyl halides is 1. The van der Waals surface area contributed by atoms with Crippen LogP contribution in [0.25, 0.3) is 0 Å². The van der Waals surface area contributed by atoms with Gasteiger partial charge in [0.1, 0.15) is 6.20 Å². The predicted molar refractivity (Wildman–Crippen MR) is 61.1 cm³/mol. The van der Waals surface area contributed by atoms with E-state index < -0.39 is 4.92 Å². The first-order valence-corrected chi connectivity index (χ1v) is 5.37. The average molecular weight is 231 g/mol. The summed E-state index contributed by atoms with van der Waals surface area (Å²) in [5.41, 5.74) is 0. The minimum absolute atomic E-state index is 0.113. The van der Waals surface area contributed by atoms with Crippen LogP contribution in [0.1, 0.15) is 26.2 Å². The Balaban J connectivity index is 0.000000288. The second kappa shape index (κ2) is 9.40. The van der Waals surface area contributed by atoms with Crippen LogP contribution in [0, 0.1) is 10.1 Å². The third kappa shape index (κ3) is 7.88. The van der Waals surface area contributed by atoms with E-state index in [-0.39, 0.29) is 5.82 Å². The molecule has 1 rings (SSSR count). The summed E-state index contributed by atoms with van der Waals surface area (Å²) in [4.78, 5) is 12.9. The molecule has 0 fully saturated rings. The van der Waals surface area contributed by atoms with Crippen LogP contribution in [-0.4, -0.2) is 15.8 Å². The quantitative estimate of drug-likeness (QED) is 0.345. The van der Waals surface area contributed by atoms with Gasteiger partial charge in [0.2, 0.25) is 0 Å². The molecule has 1 aromatic rings. The molecule has 0 unspecified atom stereocenters. The molecule has 0 bridgehead atoms. The molecule has 0 aliphatic carbocycles. The van der Waals surface area contributed by atoms with Crippen LogP contribution < -0.4 is 0 Å². The predicted octanol–water partition coefficient (Wildman–Crippen LogP) is 3.41. The molecular weight excluding hydrogens is 216 g/mol. The Hall–Kier alpha value is -1.16. The molecule has 0 aliphatic heterocycles. The summed E-state index contributed by atoms with van der Waals surface area (Å²) in [6.07, 6.45) is 5.12. The number of hydrogen-bond acceptors (Lipinski definition) is 3. The Morgan fingerprint density at radius 2 is 2.20 bits per heavy atom. The Bertz CT molecular complexity index is 263. The van der Waals surface area contributed by atoms with Gasteiger partial charge in [-0.3, -0.25) is 0 Å². The van der Waals surface area contributed by atoms with Crippen molar-refractivity contribution >= 4 is 17.4 Å². The number of nitrogens with zero attached hydrogens (tertiary/aromatic N) is 2. The Labute approximate surface area is 94.4 Å². The van der Waals surface area contributed by atoms with Crippen molar-refractivity contribution in [3.63, 3.8) is 0 Å². The van der Waals surface area contributed by atoms with Gasteiger partial charge in [-0.2, -0.15) is 0 Å². The van der Waals surface area contributed by atoms with Crippen LogP contribution in [0.2, 0.25) is 0 Å². The molecule has 0 aliphatic rings. The molecule has 15 heavy (non-hydrogen) atoms. The first-order chi connectivity index (χ1) is 7.22. The number of hydrogen-bond donors (Lipinski definition) is 0. The molecule has 0 N–H and O–H groups in total. The maximum atomic E-state index is 9.94. The SMILES string of the molecule is CCCCCCl.O=[N+]([O-])c1ccccn1. The van der Waals surface area contributed by atoms with Gasteiger partial charge in [-0.25, -0.2) is 0 Å². The van der Waals surface area contributed by atoms with Gasteiger partial charge in [-0.15, -0.1) is 11.6 Å². The molecule has 0 saturated carbocycles. The van der Waals surface area contributed by atoms with Gasteiger partial charge in [-0.05, 0) is 22.4 Å². The van der Waals surface area contributed by atoms with Crippen molar-refractivity contribution in [2.24, 2.45) is 0 Å². The number of halogens is 1. The van der Waals surface area contributed by atoms with Gasteiger partial charge >= 0.3 is 5.82 Å². The molecule has 0 radical (unpaired) electrons. The molecule has 5 heteroatoms. The summed E-state index contributed by atoms with van der Waals surface area (Å²) >= 11 is 5.38. The summed E-state index contributed by atoms with van der Waals surface area (Å²) in [6, 6.07) is 4.55. The Morgan fingerprint density at radius 3 is 2.47 bits per heavy atom. The van der Waals surface area contributed by atoms with E-state index in [4.69, 9.17) is 11.6 Å². The van der Waals surface area contributed by atoms with Crippen LogP contribution in [0.5, 0.6) is 0 Å². The van der Waals surface area contributed by atoms with Gasteiger partial charge in [0.25, 0.3) is 0 Å². The highest BCUT2D eigenvalue weighted by Crippen LogP contribution is 2.01. The van der Waals surface area contributed by atoms with Gasteiger partial charge in [0.15, 0.2) is 0 Å². The van der Waals surface area contributed by atoms with Crippen LogP contribution in [0.3, 0.4) is 0 Å². The number of nitro groups is 1. The minimum atomic E-state index is -0.528. The van der Waals surface area contributed by atoms with Crippen molar-refractivity contribution in [1.82, 2.24) is 4.98 Å². The number of unbranched alkanes of at least 4 members (excludes halogenated alkanes) is 2. The fraction of sp³-hybridized carbons (Fsp3) is 0.500. The highest BCUT2D eigenvalue weighted by Gasteiger charge is 2.00. The summed E-state index contributed by atoms with van der Waals surface area (Å²) < 4.78 is 0. The first-order valence-electron chi connectivity index (χ1n) is 4.83. The van der Waals surface area contributed by atoms with Crippen LogP contribution >= 0.6 is 11.6 Å². The first kappa shape index (κ1) is 13.8. The highest BCUT2D eigenvalue weighted by molar-refractivity contribution is 6.17. The van der Waals surface area contributed by atoms with E-state index in [0.29, 0.717) is 0 Å². The lowest BCUT2D eigenvalue weighted by Crippen LogP contribution is -1.88. The van der Waals surface area contributed by atoms with Gasteiger partial charge in [0.05, 0.1) is 0 Å². The lowest BCUT2D eigenvalue weighted by Gasteiger charge is -1.86. The van der Waals surface area contributed by atoms with E-state index in [9.17, 15) is 10.1 Å². The zero-order valence-electron chi connectivity index (χ0n) is 8.73. The van der Waals surface area contributed by atoms with Crippen molar-refractivity contribution < 1.29 is 4.92 Å². The number of aromatic nitrogens is 1. The molecule has 1 aromatic heterocycles. The monoisotopic (exact) mass is 230 g/mol. The maximum absolute atomic E-state index is 9.94. The second-order valence-corrected chi connectivity index (χ2v) is 3.22. The second-order valence-electron chi connectivity index (χ2n) is 2.84. The fourth-order valence-corrected chi connectivity index (χ4v) is 0.995. The van der Waals surface area contributed by atoms with Crippen molar-refractivity contribution in [2.45, 2.75) is 26.2 Å². The Morgan fingerprint density at radius 1 is 1.47 bits per heavy atom. The minimum Gasteiger partial charge on any atom is -0.358 e. The molecule has 0 spiro atoms. The van der Waals surface area contributed by atoms with E-state index in [1.807, 2.05) is 0 Å². The summed E-state index contributed by atoms with van der Waals surface area (Å²) in [7, 11) is 0. The van der Waals surface area contributed by atoms with Crippen LogP contribution in [0.15, 0.2) is 24.4 Å². The van der Waals surface area contributed by atoms with Gasteiger partial charge in [0, 0.05) is 11.9 Å². The molecule has 1 heterocycles. The normalized spacial score (nSPS) is 8.93. The van der Waals surface area contributed by atoms with E-state index in [1.165, 1.54) is 31.5 Å². The molecule has 0 amide bonds. The zero-order valence-corrected chi connectivity index (χ0v) is 9.48. The third-order valence-corrected chi connectivity index (χ3v) is 1.84. The average Bonchev–Trinajstić information content (AvgIpc) is 2.28. The highest BCUT2D eigenvalue weighted by atomic mass is 35.5. The molecule has 0 saturated heterocycles. The third-order valence-electron chi connectivity index (χ3n) is 1.57. The lowest BCUT2D eigenvalue weighted by atomic mass is 10.3. The Kier molecular flexibility index (Phi) is 8.67. The van der Waals surface area contributed by atoms with E-state index in [1.54, 1.807) is 12.1 Å². The van der Waals surface area contributed by atoms with Crippen molar-refractivity contribution in [3.8, 4) is 0 Å². The molecule has 0 atom stereocenters. The van der Waals surface area contributed by atoms with Crippen molar-refractivity contribution in [3.05, 3.63) is 34.5 Å². The fourth-order valence-electron chi connectivity index (χ4n) is 0.806. The molecule has 84 valence electrons. The van der Waals surface area contributed by atoms with E-state index >= 15 is 0 Å². The van der Waals surface area contributed by atoms with E-state index in [2.05, 4.69) is 11.9 Å². The van der Waals surface area contributed by atoms with E-state index in [0.717, 1.165) is 5.88 Å². The molecular formula is C10H15ClN2O2. The zero-order chi connectivity index (χ0) is 11.5. The topological polar surface area (TPSA) is 56.0 Å². The number of pyridine rings is 1. The maximum Gasteiger partial charge on any atom is 0.363 e. The standard InChI is InChI=1S/C5H11Cl.C5H4N2O2/c1-2-3-4-5-6;8-7(9)5-3-1-2-4-6-5/h2-5H2,1H3;1-4H. The summed E-state index contributed by atoms with van der Waals surface area (Å²) in [5.74, 6) is 0.714. The van der Waals surface area contributed by atoms with Crippen molar-refractivity contribution in [1.29, 1.82) is 0 Å². The van der Waals surface area contributed by atoms with Gasteiger partial charge < -0.3 is 10.1 Å². The van der Waals surface area contributed by atoms with Crippen LogP contribution in [0.4, 0.5) is 5.82 Å². The molecule has 4 nitrogen and oxygen atoms in total. The molecule has 0 aromatic carbocycles. The summed E-state index contributed by atoms with van der Waals surface area (Å²) in [5, 5.41) is 9.94. The van der Waals surface area contributed by atoms with Crippen molar-refractivity contribution in [2.75, 3.05) is 5.88 Å². The lowest BCUT2D eigenvalue weighted by molar-refractivity contribution is -0.389. The summed E-state index contributed by atoms with van der Waals surface area (Å²) in [6.45, 7) is 2.17. The van der Waals surface area contributed by atoms with Crippen LogP contribution in [-0.2, 0) is 0 Å².